The van der Waals surface area contributed by atoms with E-state index in [-0.39, 0.29) is 15.5 Å². The first-order chi connectivity index (χ1) is 12.9. The van der Waals surface area contributed by atoms with Crippen LogP contribution in [0.4, 0.5) is 10.1 Å². The van der Waals surface area contributed by atoms with Gasteiger partial charge < -0.3 is 5.32 Å². The molecule has 2 aromatic rings. The first kappa shape index (κ1) is 19.8. The Morgan fingerprint density at radius 3 is 2.26 bits per heavy atom. The maximum atomic E-state index is 13.0. The number of hydrogen-bond acceptors (Lipinski definition) is 3. The Kier molecular flexibility index (Phi) is 6.14. The van der Waals surface area contributed by atoms with Crippen LogP contribution in [0.15, 0.2) is 47.4 Å². The highest BCUT2D eigenvalue weighted by molar-refractivity contribution is 7.89. The Morgan fingerprint density at radius 1 is 1.00 bits per heavy atom. The summed E-state index contributed by atoms with van der Waals surface area (Å²) in [6.45, 7) is 0.898. The number of sulfonamides is 1. The summed E-state index contributed by atoms with van der Waals surface area (Å²) in [5.74, 6) is -0.907. The fourth-order valence-corrected chi connectivity index (χ4v) is 5.02. The molecule has 1 aliphatic rings. The third-order valence-electron chi connectivity index (χ3n) is 4.48. The summed E-state index contributed by atoms with van der Waals surface area (Å²) >= 11 is 6.14. The van der Waals surface area contributed by atoms with Crippen molar-refractivity contribution in [3.8, 4) is 0 Å². The van der Waals surface area contributed by atoms with Crippen molar-refractivity contribution in [2.45, 2.75) is 30.6 Å². The van der Waals surface area contributed by atoms with Crippen LogP contribution in [-0.4, -0.2) is 31.7 Å². The molecule has 1 heterocycles. The van der Waals surface area contributed by atoms with Crippen LogP contribution in [-0.2, 0) is 10.0 Å². The third kappa shape index (κ3) is 4.66. The highest BCUT2D eigenvalue weighted by Gasteiger charge is 2.28. The lowest BCUT2D eigenvalue weighted by atomic mass is 10.2. The van der Waals surface area contributed by atoms with Gasteiger partial charge in [-0.1, -0.05) is 24.4 Å². The lowest BCUT2D eigenvalue weighted by Crippen LogP contribution is -2.32. The zero-order valence-electron chi connectivity index (χ0n) is 14.6. The van der Waals surface area contributed by atoms with Gasteiger partial charge in [-0.05, 0) is 55.3 Å². The number of amides is 1. The van der Waals surface area contributed by atoms with Gasteiger partial charge >= 0.3 is 0 Å². The molecule has 1 N–H and O–H groups in total. The molecule has 0 saturated carbocycles. The smallest absolute Gasteiger partial charge is 0.255 e. The molecule has 1 amide bonds. The number of halogens is 2. The quantitative estimate of drug-likeness (QED) is 0.817. The van der Waals surface area contributed by atoms with Gasteiger partial charge in [-0.25, -0.2) is 12.8 Å². The molecule has 0 radical (unpaired) electrons. The van der Waals surface area contributed by atoms with E-state index in [0.29, 0.717) is 18.8 Å². The van der Waals surface area contributed by atoms with Crippen LogP contribution in [0, 0.1) is 5.82 Å². The number of hydrogen-bond donors (Lipinski definition) is 1. The van der Waals surface area contributed by atoms with E-state index in [1.165, 1.54) is 46.8 Å². The van der Waals surface area contributed by atoms with Gasteiger partial charge in [-0.2, -0.15) is 4.31 Å². The SMILES string of the molecule is O=C(Nc1ccc(F)cc1)c1ccc(Cl)c(S(=O)(=O)N2CCCCCC2)c1. The lowest BCUT2D eigenvalue weighted by Gasteiger charge is -2.21. The maximum Gasteiger partial charge on any atom is 0.255 e. The topological polar surface area (TPSA) is 66.5 Å². The molecule has 0 aliphatic carbocycles. The average Bonchev–Trinajstić information content (AvgIpc) is 2.94. The van der Waals surface area contributed by atoms with E-state index in [1.54, 1.807) is 0 Å². The molecule has 0 atom stereocenters. The molecule has 2 aromatic carbocycles. The Labute approximate surface area is 163 Å². The van der Waals surface area contributed by atoms with E-state index >= 15 is 0 Å². The Balaban J connectivity index is 1.87. The van der Waals surface area contributed by atoms with Crippen molar-refractivity contribution in [2.75, 3.05) is 18.4 Å². The van der Waals surface area contributed by atoms with E-state index in [4.69, 9.17) is 11.6 Å². The van der Waals surface area contributed by atoms with Gasteiger partial charge in [0.15, 0.2) is 0 Å². The van der Waals surface area contributed by atoms with Crippen LogP contribution < -0.4 is 5.32 Å². The number of carbonyl (C=O) groups is 1. The van der Waals surface area contributed by atoms with Crippen LogP contribution in [0.5, 0.6) is 0 Å². The molecule has 27 heavy (non-hydrogen) atoms. The monoisotopic (exact) mass is 410 g/mol. The van der Waals surface area contributed by atoms with Crippen molar-refractivity contribution >= 4 is 33.2 Å². The normalized spacial score (nSPS) is 15.9. The number of nitrogens with one attached hydrogen (secondary N) is 1. The number of carbonyl (C=O) groups excluding carboxylic acids is 1. The van der Waals surface area contributed by atoms with E-state index in [2.05, 4.69) is 5.32 Å². The second-order valence-electron chi connectivity index (χ2n) is 6.42. The number of benzene rings is 2. The van der Waals surface area contributed by atoms with Gasteiger partial charge in [0.1, 0.15) is 10.7 Å². The molecule has 0 unspecified atom stereocenters. The van der Waals surface area contributed by atoms with E-state index in [0.717, 1.165) is 25.7 Å². The van der Waals surface area contributed by atoms with Crippen LogP contribution in [0.1, 0.15) is 36.0 Å². The van der Waals surface area contributed by atoms with Crippen molar-refractivity contribution in [3.63, 3.8) is 0 Å². The summed E-state index contributed by atoms with van der Waals surface area (Å²) < 4.78 is 40.4. The highest BCUT2D eigenvalue weighted by atomic mass is 35.5. The minimum Gasteiger partial charge on any atom is -0.322 e. The zero-order valence-corrected chi connectivity index (χ0v) is 16.2. The summed E-state index contributed by atoms with van der Waals surface area (Å²) in [5.41, 5.74) is 0.574. The summed E-state index contributed by atoms with van der Waals surface area (Å²) in [5, 5.41) is 2.70. The maximum absolute atomic E-state index is 13.0. The van der Waals surface area contributed by atoms with Gasteiger partial charge in [0.25, 0.3) is 5.91 Å². The molecule has 1 fully saturated rings. The molecule has 0 spiro atoms. The van der Waals surface area contributed by atoms with Crippen molar-refractivity contribution in [2.24, 2.45) is 0 Å². The van der Waals surface area contributed by atoms with Crippen LogP contribution >= 0.6 is 11.6 Å². The van der Waals surface area contributed by atoms with Gasteiger partial charge in [-0.15, -0.1) is 0 Å². The first-order valence-corrected chi connectivity index (χ1v) is 10.6. The molecule has 5 nitrogen and oxygen atoms in total. The molecular weight excluding hydrogens is 391 g/mol. The van der Waals surface area contributed by atoms with Crippen molar-refractivity contribution < 1.29 is 17.6 Å². The van der Waals surface area contributed by atoms with Crippen molar-refractivity contribution in [1.29, 1.82) is 0 Å². The molecule has 1 saturated heterocycles. The molecule has 144 valence electrons. The Morgan fingerprint density at radius 2 is 1.63 bits per heavy atom. The van der Waals surface area contributed by atoms with E-state index < -0.39 is 21.7 Å². The molecule has 0 aromatic heterocycles. The van der Waals surface area contributed by atoms with Crippen molar-refractivity contribution in [1.82, 2.24) is 4.31 Å². The number of rotatable bonds is 4. The average molecular weight is 411 g/mol. The minimum absolute atomic E-state index is 0.0715. The minimum atomic E-state index is -3.78. The van der Waals surface area contributed by atoms with Gasteiger partial charge in [0, 0.05) is 24.3 Å². The second-order valence-corrected chi connectivity index (χ2v) is 8.74. The summed E-state index contributed by atoms with van der Waals surface area (Å²) in [4.78, 5) is 12.4. The third-order valence-corrected chi connectivity index (χ3v) is 6.86. The van der Waals surface area contributed by atoms with Crippen molar-refractivity contribution in [3.05, 3.63) is 58.9 Å². The predicted molar refractivity (Wildman–Crippen MR) is 103 cm³/mol. The first-order valence-electron chi connectivity index (χ1n) is 8.74. The standard InChI is InChI=1S/C19H20ClFN2O3S/c20-17-10-5-14(19(24)22-16-8-6-15(21)7-9-16)13-18(17)27(25,26)23-11-3-1-2-4-12-23/h5-10,13H,1-4,11-12H2,(H,22,24). The van der Waals surface area contributed by atoms with Crippen LogP contribution in [0.3, 0.4) is 0 Å². The number of anilines is 1. The Hall–Kier alpha value is -1.96. The molecule has 0 bridgehead atoms. The lowest BCUT2D eigenvalue weighted by molar-refractivity contribution is 0.102. The van der Waals surface area contributed by atoms with Gasteiger partial charge in [-0.3, -0.25) is 4.79 Å². The van der Waals surface area contributed by atoms with Gasteiger partial charge in [0.05, 0.1) is 5.02 Å². The second kappa shape index (κ2) is 8.37. The largest absolute Gasteiger partial charge is 0.322 e. The molecular formula is C19H20ClFN2O3S. The summed E-state index contributed by atoms with van der Waals surface area (Å²) in [7, 11) is -3.78. The predicted octanol–water partition coefficient (Wildman–Crippen LogP) is 4.30. The molecule has 1 aliphatic heterocycles. The van der Waals surface area contributed by atoms with Gasteiger partial charge in [0.2, 0.25) is 10.0 Å². The van der Waals surface area contributed by atoms with Crippen LogP contribution in [0.2, 0.25) is 5.02 Å². The number of nitrogens with zero attached hydrogens (tertiary/aromatic N) is 1. The van der Waals surface area contributed by atoms with Crippen LogP contribution in [0.25, 0.3) is 0 Å². The molecule has 8 heteroatoms. The highest BCUT2D eigenvalue weighted by Crippen LogP contribution is 2.28. The zero-order chi connectivity index (χ0) is 19.4. The molecule has 3 rings (SSSR count). The van der Waals surface area contributed by atoms with E-state index in [1.807, 2.05) is 0 Å². The summed E-state index contributed by atoms with van der Waals surface area (Å²) in [6, 6.07) is 9.48. The fraction of sp³-hybridized carbons (Fsp3) is 0.316. The summed E-state index contributed by atoms with van der Waals surface area (Å²) in [6.07, 6.45) is 3.61. The Bertz CT molecular complexity index is 924. The fourth-order valence-electron chi connectivity index (χ4n) is 3.00. The van der Waals surface area contributed by atoms with E-state index in [9.17, 15) is 17.6 Å².